The first kappa shape index (κ1) is 25.7. The second-order valence-electron chi connectivity index (χ2n) is 5.54. The molecule has 29 heavy (non-hydrogen) atoms. The average Bonchev–Trinajstić information content (AvgIpc) is 2.67. The van der Waals surface area contributed by atoms with E-state index in [1.54, 1.807) is 0 Å². The lowest BCUT2D eigenvalue weighted by atomic mass is 10.3. The van der Waals surface area contributed by atoms with Crippen molar-refractivity contribution in [2.75, 3.05) is 19.7 Å². The van der Waals surface area contributed by atoms with Crippen molar-refractivity contribution in [1.82, 2.24) is 10.6 Å². The largest absolute Gasteiger partial charge is 0.512 e. The Hall–Kier alpha value is -3.28. The van der Waals surface area contributed by atoms with Crippen LogP contribution in [-0.4, -0.2) is 73.3 Å². The number of hydrogen-bond donors (Lipinski definition) is 3. The molecule has 0 aliphatic rings. The van der Waals surface area contributed by atoms with Gasteiger partial charge in [0.25, 0.3) is 0 Å². The van der Waals surface area contributed by atoms with E-state index in [0.717, 1.165) is 0 Å². The Morgan fingerprint density at radius 2 is 1.59 bits per heavy atom. The summed E-state index contributed by atoms with van der Waals surface area (Å²) >= 11 is 0. The van der Waals surface area contributed by atoms with Crippen molar-refractivity contribution in [1.29, 1.82) is 0 Å². The molecule has 0 radical (unpaired) electrons. The topological polar surface area (TPSA) is 174 Å². The van der Waals surface area contributed by atoms with Gasteiger partial charge >= 0.3 is 11.9 Å². The lowest BCUT2D eigenvalue weighted by Crippen LogP contribution is -2.36. The number of rotatable bonds is 15. The minimum atomic E-state index is -0.923. The van der Waals surface area contributed by atoms with Gasteiger partial charge in [-0.05, 0) is 6.92 Å². The summed E-state index contributed by atoms with van der Waals surface area (Å²) in [5.74, 6) is -2.98. The van der Waals surface area contributed by atoms with Crippen molar-refractivity contribution in [3.8, 4) is 0 Å². The summed E-state index contributed by atoms with van der Waals surface area (Å²) in [5, 5.41) is 13.0. The van der Waals surface area contributed by atoms with Crippen molar-refractivity contribution < 1.29 is 48.1 Å². The fourth-order valence-electron chi connectivity index (χ4n) is 1.78. The van der Waals surface area contributed by atoms with Crippen LogP contribution in [0.5, 0.6) is 0 Å². The standard InChI is InChI=1S/C17H24N2O10/c1-12(29-13(10-22)2-5-20)11-28-17(26)9-15(24)19-4-3-18-14(23)8-16(25)27-7-6-21/h5-7,10,12-13,21H,2-4,8-9,11H2,1H3,(H,18,23)(H,19,24)/b7-6-. The smallest absolute Gasteiger partial charge is 0.320 e. The van der Waals surface area contributed by atoms with E-state index in [1.807, 2.05) is 0 Å². The average molecular weight is 416 g/mol. The summed E-state index contributed by atoms with van der Waals surface area (Å²) in [7, 11) is 0. The van der Waals surface area contributed by atoms with Gasteiger partial charge in [0.1, 0.15) is 50.6 Å². The summed E-state index contributed by atoms with van der Waals surface area (Å²) in [6.45, 7) is 1.35. The lowest BCUT2D eigenvalue weighted by Gasteiger charge is -2.16. The Morgan fingerprint density at radius 1 is 1.00 bits per heavy atom. The number of carbonyl (C=O) groups is 6. The van der Waals surface area contributed by atoms with Crippen LogP contribution >= 0.6 is 0 Å². The first-order valence-electron chi connectivity index (χ1n) is 8.54. The van der Waals surface area contributed by atoms with Crippen LogP contribution in [0, 0.1) is 0 Å². The summed E-state index contributed by atoms with van der Waals surface area (Å²) in [6.07, 6.45) is -0.595. The molecule has 0 bridgehead atoms. The molecule has 0 saturated heterocycles. The molecule has 2 atom stereocenters. The van der Waals surface area contributed by atoms with Crippen LogP contribution in [0.3, 0.4) is 0 Å². The van der Waals surface area contributed by atoms with E-state index >= 15 is 0 Å². The molecule has 0 saturated carbocycles. The molecule has 2 unspecified atom stereocenters. The number of amides is 2. The quantitative estimate of drug-likeness (QED) is 0.0954. The SMILES string of the molecule is CC(COC(=O)CC(=O)NCCNC(=O)CC(=O)O/C=C\O)OC(C=O)CC=O. The van der Waals surface area contributed by atoms with Crippen LogP contribution in [0.25, 0.3) is 0 Å². The molecule has 0 aromatic rings. The molecule has 0 aromatic heterocycles. The highest BCUT2D eigenvalue weighted by Gasteiger charge is 2.16. The Balaban J connectivity index is 3.92. The highest BCUT2D eigenvalue weighted by molar-refractivity contribution is 5.95. The lowest BCUT2D eigenvalue weighted by molar-refractivity contribution is -0.152. The van der Waals surface area contributed by atoms with Gasteiger partial charge in [0.05, 0.1) is 6.10 Å². The maximum Gasteiger partial charge on any atom is 0.320 e. The van der Waals surface area contributed by atoms with Crippen LogP contribution in [0.15, 0.2) is 12.5 Å². The van der Waals surface area contributed by atoms with Crippen LogP contribution in [0.2, 0.25) is 0 Å². The molecule has 0 aliphatic carbocycles. The number of ether oxygens (including phenoxy) is 3. The van der Waals surface area contributed by atoms with Crippen molar-refractivity contribution in [2.24, 2.45) is 0 Å². The van der Waals surface area contributed by atoms with Crippen molar-refractivity contribution >= 4 is 36.3 Å². The van der Waals surface area contributed by atoms with Crippen LogP contribution in [-0.2, 0) is 43.0 Å². The number of esters is 2. The number of aliphatic hydroxyl groups is 1. The highest BCUT2D eigenvalue weighted by atomic mass is 16.6. The Labute approximate surface area is 166 Å². The van der Waals surface area contributed by atoms with E-state index < -0.39 is 48.8 Å². The maximum absolute atomic E-state index is 11.6. The molecule has 2 amide bonds. The summed E-state index contributed by atoms with van der Waals surface area (Å²) < 4.78 is 14.4. The third-order valence-corrected chi connectivity index (χ3v) is 3.01. The first-order chi connectivity index (χ1) is 13.8. The zero-order valence-electron chi connectivity index (χ0n) is 15.8. The maximum atomic E-state index is 11.6. The van der Waals surface area contributed by atoms with Gasteiger partial charge in [-0.1, -0.05) is 0 Å². The molecular formula is C17H24N2O10. The highest BCUT2D eigenvalue weighted by Crippen LogP contribution is 2.01. The monoisotopic (exact) mass is 416 g/mol. The third kappa shape index (κ3) is 14.4. The van der Waals surface area contributed by atoms with E-state index in [9.17, 15) is 28.8 Å². The van der Waals surface area contributed by atoms with E-state index in [-0.39, 0.29) is 26.1 Å². The van der Waals surface area contributed by atoms with Crippen LogP contribution in [0.4, 0.5) is 0 Å². The second kappa shape index (κ2) is 15.7. The molecule has 12 nitrogen and oxygen atoms in total. The molecule has 0 aromatic carbocycles. The van der Waals surface area contributed by atoms with Gasteiger partial charge in [-0.25, -0.2) is 0 Å². The van der Waals surface area contributed by atoms with Crippen LogP contribution < -0.4 is 10.6 Å². The number of aliphatic hydroxyl groups excluding tert-OH is 1. The van der Waals surface area contributed by atoms with E-state index in [1.165, 1.54) is 6.92 Å². The Morgan fingerprint density at radius 3 is 2.10 bits per heavy atom. The van der Waals surface area contributed by atoms with Gasteiger partial charge in [0, 0.05) is 19.5 Å². The number of aldehydes is 2. The van der Waals surface area contributed by atoms with Crippen molar-refractivity contribution in [3.63, 3.8) is 0 Å². The van der Waals surface area contributed by atoms with Gasteiger partial charge in [0.15, 0.2) is 0 Å². The predicted octanol–water partition coefficient (Wildman–Crippen LogP) is -1.32. The molecule has 3 N–H and O–H groups in total. The normalized spacial score (nSPS) is 12.4. The van der Waals surface area contributed by atoms with Gasteiger partial charge in [-0.3, -0.25) is 19.2 Å². The van der Waals surface area contributed by atoms with Gasteiger partial charge in [-0.2, -0.15) is 0 Å². The zero-order chi connectivity index (χ0) is 22.1. The molecule has 0 rings (SSSR count). The molecule has 162 valence electrons. The fourth-order valence-corrected chi connectivity index (χ4v) is 1.78. The Kier molecular flexibility index (Phi) is 14.0. The van der Waals surface area contributed by atoms with Crippen molar-refractivity contribution in [2.45, 2.75) is 38.4 Å². The predicted molar refractivity (Wildman–Crippen MR) is 95.2 cm³/mol. The molecule has 12 heteroatoms. The van der Waals surface area contributed by atoms with Crippen molar-refractivity contribution in [3.05, 3.63) is 12.5 Å². The van der Waals surface area contributed by atoms with Gasteiger partial charge in [0.2, 0.25) is 11.8 Å². The number of hydrogen-bond acceptors (Lipinski definition) is 10. The fraction of sp³-hybridized carbons (Fsp3) is 0.529. The van der Waals surface area contributed by atoms with Crippen LogP contribution in [0.1, 0.15) is 26.2 Å². The molecule has 0 fully saturated rings. The molecule has 0 aliphatic heterocycles. The molecule has 0 spiro atoms. The van der Waals surface area contributed by atoms with Gasteiger partial charge in [-0.15, -0.1) is 0 Å². The summed E-state index contributed by atoms with van der Waals surface area (Å²) in [4.78, 5) is 66.7. The molecule has 0 heterocycles. The zero-order valence-corrected chi connectivity index (χ0v) is 15.8. The second-order valence-corrected chi connectivity index (χ2v) is 5.54. The minimum Gasteiger partial charge on any atom is -0.512 e. The third-order valence-electron chi connectivity index (χ3n) is 3.01. The Bertz CT molecular complexity index is 605. The van der Waals surface area contributed by atoms with Gasteiger partial charge < -0.3 is 39.5 Å². The van der Waals surface area contributed by atoms with E-state index in [4.69, 9.17) is 14.6 Å². The first-order valence-corrected chi connectivity index (χ1v) is 8.54. The summed E-state index contributed by atoms with van der Waals surface area (Å²) in [5.41, 5.74) is 0. The number of carbonyl (C=O) groups excluding carboxylic acids is 6. The minimum absolute atomic E-state index is 0.00959. The number of nitrogens with one attached hydrogen (secondary N) is 2. The summed E-state index contributed by atoms with van der Waals surface area (Å²) in [6, 6.07) is 0. The van der Waals surface area contributed by atoms with E-state index in [0.29, 0.717) is 25.1 Å². The molecular weight excluding hydrogens is 392 g/mol. The van der Waals surface area contributed by atoms with E-state index in [2.05, 4.69) is 15.4 Å².